The molecule has 0 N–H and O–H groups in total. The van der Waals surface area contributed by atoms with Crippen molar-refractivity contribution in [2.24, 2.45) is 0 Å². The SMILES string of the molecule is O=C(c1cn(C2CCCC2)cc(C(=O)N2CCC[C@H](c3ccccc3)C2)c1=O)N1CCCCC1. The molecule has 2 aromatic rings. The Morgan fingerprint density at radius 3 is 2.00 bits per heavy atom. The van der Waals surface area contributed by atoms with E-state index in [0.29, 0.717) is 26.2 Å². The Labute approximate surface area is 201 Å². The fourth-order valence-corrected chi connectivity index (χ4v) is 5.91. The molecule has 3 heterocycles. The van der Waals surface area contributed by atoms with Gasteiger partial charge in [0.25, 0.3) is 11.8 Å². The minimum Gasteiger partial charge on any atom is -0.349 e. The van der Waals surface area contributed by atoms with Gasteiger partial charge in [-0.1, -0.05) is 43.2 Å². The van der Waals surface area contributed by atoms with Crippen LogP contribution in [0.1, 0.15) is 96.0 Å². The zero-order valence-corrected chi connectivity index (χ0v) is 20.0. The number of likely N-dealkylation sites (tertiary alicyclic amines) is 2. The van der Waals surface area contributed by atoms with Crippen LogP contribution in [-0.2, 0) is 0 Å². The van der Waals surface area contributed by atoms with Gasteiger partial charge in [0.15, 0.2) is 0 Å². The molecule has 180 valence electrons. The van der Waals surface area contributed by atoms with Crippen molar-refractivity contribution in [3.05, 3.63) is 69.6 Å². The number of nitrogens with zero attached hydrogens (tertiary/aromatic N) is 3. The molecule has 2 aliphatic heterocycles. The van der Waals surface area contributed by atoms with Crippen LogP contribution in [0.2, 0.25) is 0 Å². The lowest BCUT2D eigenvalue weighted by molar-refractivity contribution is 0.0703. The van der Waals surface area contributed by atoms with Crippen molar-refractivity contribution < 1.29 is 9.59 Å². The Kier molecular flexibility index (Phi) is 6.84. The van der Waals surface area contributed by atoms with Crippen LogP contribution in [0, 0.1) is 0 Å². The highest BCUT2D eigenvalue weighted by Gasteiger charge is 2.31. The van der Waals surface area contributed by atoms with Crippen molar-refractivity contribution in [2.45, 2.75) is 69.7 Å². The molecule has 1 saturated carbocycles. The van der Waals surface area contributed by atoms with E-state index in [1.54, 1.807) is 17.3 Å². The highest BCUT2D eigenvalue weighted by Crippen LogP contribution is 2.31. The van der Waals surface area contributed by atoms with Crippen LogP contribution in [0.4, 0.5) is 0 Å². The Morgan fingerprint density at radius 2 is 1.32 bits per heavy atom. The molecule has 0 spiro atoms. The van der Waals surface area contributed by atoms with Gasteiger partial charge >= 0.3 is 0 Å². The zero-order chi connectivity index (χ0) is 23.5. The number of hydrogen-bond donors (Lipinski definition) is 0. The van der Waals surface area contributed by atoms with Gasteiger partial charge in [-0.2, -0.15) is 0 Å². The number of hydrogen-bond acceptors (Lipinski definition) is 3. The number of benzene rings is 1. The number of rotatable bonds is 4. The fourth-order valence-electron chi connectivity index (χ4n) is 5.91. The van der Waals surface area contributed by atoms with Crippen LogP contribution in [-0.4, -0.2) is 52.4 Å². The first kappa shape index (κ1) is 22.9. The maximum Gasteiger partial charge on any atom is 0.259 e. The molecule has 1 aliphatic carbocycles. The summed E-state index contributed by atoms with van der Waals surface area (Å²) >= 11 is 0. The van der Waals surface area contributed by atoms with Crippen LogP contribution in [0.15, 0.2) is 47.5 Å². The fraction of sp³-hybridized carbons (Fsp3) is 0.536. The predicted molar refractivity (Wildman–Crippen MR) is 132 cm³/mol. The number of aromatic nitrogens is 1. The van der Waals surface area contributed by atoms with Crippen molar-refractivity contribution >= 4 is 11.8 Å². The van der Waals surface area contributed by atoms with E-state index in [1.165, 1.54) is 5.56 Å². The second-order valence-electron chi connectivity index (χ2n) is 10.2. The third kappa shape index (κ3) is 4.68. The van der Waals surface area contributed by atoms with Crippen molar-refractivity contribution in [3.8, 4) is 0 Å². The van der Waals surface area contributed by atoms with Gasteiger partial charge in [-0.3, -0.25) is 14.4 Å². The quantitative estimate of drug-likeness (QED) is 0.668. The van der Waals surface area contributed by atoms with Gasteiger partial charge in [0.05, 0.1) is 0 Å². The first-order valence-electron chi connectivity index (χ1n) is 13.0. The summed E-state index contributed by atoms with van der Waals surface area (Å²) in [5.74, 6) is -0.174. The molecule has 1 atom stereocenters. The van der Waals surface area contributed by atoms with Crippen molar-refractivity contribution in [1.29, 1.82) is 0 Å². The van der Waals surface area contributed by atoms with E-state index in [-0.39, 0.29) is 34.9 Å². The highest BCUT2D eigenvalue weighted by atomic mass is 16.2. The summed E-state index contributed by atoms with van der Waals surface area (Å²) in [4.78, 5) is 44.2. The number of carbonyl (C=O) groups is 2. The van der Waals surface area contributed by atoms with Crippen molar-refractivity contribution in [2.75, 3.05) is 26.2 Å². The molecule has 1 aromatic heterocycles. The first-order chi connectivity index (χ1) is 16.6. The van der Waals surface area contributed by atoms with Crippen LogP contribution < -0.4 is 5.43 Å². The molecule has 6 heteroatoms. The van der Waals surface area contributed by atoms with Gasteiger partial charge in [0.1, 0.15) is 11.1 Å². The lowest BCUT2D eigenvalue weighted by Crippen LogP contribution is -2.43. The Balaban J connectivity index is 1.47. The molecular weight excluding hydrogens is 426 g/mol. The molecule has 5 rings (SSSR count). The summed E-state index contributed by atoms with van der Waals surface area (Å²) in [6, 6.07) is 10.6. The number of amides is 2. The van der Waals surface area contributed by atoms with Gasteiger partial charge in [-0.15, -0.1) is 0 Å². The molecule has 0 bridgehead atoms. The van der Waals surface area contributed by atoms with Crippen molar-refractivity contribution in [3.63, 3.8) is 0 Å². The third-order valence-electron chi connectivity index (χ3n) is 7.88. The van der Waals surface area contributed by atoms with Crippen LogP contribution in [0.5, 0.6) is 0 Å². The minimum atomic E-state index is -0.406. The van der Waals surface area contributed by atoms with Gasteiger partial charge < -0.3 is 14.4 Å². The summed E-state index contributed by atoms with van der Waals surface area (Å²) in [6.07, 6.45) is 12.8. The molecule has 2 amide bonds. The maximum absolute atomic E-state index is 13.7. The first-order valence-corrected chi connectivity index (χ1v) is 13.0. The van der Waals surface area contributed by atoms with E-state index in [0.717, 1.165) is 57.8 Å². The summed E-state index contributed by atoms with van der Waals surface area (Å²) in [7, 11) is 0. The van der Waals surface area contributed by atoms with Gasteiger partial charge in [-0.05, 0) is 50.5 Å². The summed E-state index contributed by atoms with van der Waals surface area (Å²) < 4.78 is 2.00. The average Bonchev–Trinajstić information content (AvgIpc) is 3.44. The minimum absolute atomic E-state index is 0.156. The molecule has 3 fully saturated rings. The predicted octanol–water partition coefficient (Wildman–Crippen LogP) is 4.61. The number of carbonyl (C=O) groups excluding carboxylic acids is 2. The molecule has 1 aromatic carbocycles. The van der Waals surface area contributed by atoms with Gasteiger partial charge in [0, 0.05) is 50.5 Å². The normalized spacial score (nSPS) is 21.6. The standard InChI is InChI=1S/C28H35N3O3/c32-26-24(27(33)29-15-7-2-8-16-29)19-31(23-13-5-6-14-23)20-25(26)28(34)30-17-9-12-22(18-30)21-10-3-1-4-11-21/h1,3-4,10-11,19-20,22-23H,2,5-9,12-18H2/t22-/m0/s1. The molecule has 3 aliphatic rings. The Bertz CT molecular complexity index is 1080. The van der Waals surface area contributed by atoms with E-state index in [1.807, 2.05) is 27.7 Å². The second kappa shape index (κ2) is 10.2. The Morgan fingerprint density at radius 1 is 0.706 bits per heavy atom. The monoisotopic (exact) mass is 461 g/mol. The van der Waals surface area contributed by atoms with E-state index >= 15 is 0 Å². The zero-order valence-electron chi connectivity index (χ0n) is 20.0. The van der Waals surface area contributed by atoms with E-state index in [9.17, 15) is 14.4 Å². The molecular formula is C28H35N3O3. The molecule has 34 heavy (non-hydrogen) atoms. The summed E-state index contributed by atoms with van der Waals surface area (Å²) in [6.45, 7) is 2.63. The van der Waals surface area contributed by atoms with E-state index in [4.69, 9.17) is 0 Å². The summed E-state index contributed by atoms with van der Waals surface area (Å²) in [5, 5.41) is 0. The lowest BCUT2D eigenvalue weighted by Gasteiger charge is -2.33. The smallest absolute Gasteiger partial charge is 0.259 e. The molecule has 6 nitrogen and oxygen atoms in total. The lowest BCUT2D eigenvalue weighted by atomic mass is 9.90. The maximum atomic E-state index is 13.7. The van der Waals surface area contributed by atoms with Crippen molar-refractivity contribution in [1.82, 2.24) is 14.4 Å². The molecule has 2 saturated heterocycles. The number of pyridine rings is 1. The average molecular weight is 462 g/mol. The Hall–Kier alpha value is -2.89. The topological polar surface area (TPSA) is 62.6 Å². The third-order valence-corrected chi connectivity index (χ3v) is 7.88. The molecule has 0 unspecified atom stereocenters. The van der Waals surface area contributed by atoms with E-state index in [2.05, 4.69) is 12.1 Å². The second-order valence-corrected chi connectivity index (χ2v) is 10.2. The molecule has 0 radical (unpaired) electrons. The van der Waals surface area contributed by atoms with Crippen LogP contribution in [0.25, 0.3) is 0 Å². The summed E-state index contributed by atoms with van der Waals surface area (Å²) in [5.41, 5.74) is 1.15. The van der Waals surface area contributed by atoms with Crippen LogP contribution in [0.3, 0.4) is 0 Å². The van der Waals surface area contributed by atoms with Crippen LogP contribution >= 0.6 is 0 Å². The number of piperidine rings is 2. The largest absolute Gasteiger partial charge is 0.349 e. The van der Waals surface area contributed by atoms with E-state index < -0.39 is 5.43 Å². The van der Waals surface area contributed by atoms with Gasteiger partial charge in [0.2, 0.25) is 5.43 Å². The van der Waals surface area contributed by atoms with Gasteiger partial charge in [-0.25, -0.2) is 0 Å². The highest BCUT2D eigenvalue weighted by molar-refractivity contribution is 5.99.